The number of carbonyl (C=O) groups excluding carboxylic acids is 1. The lowest BCUT2D eigenvalue weighted by molar-refractivity contribution is 0.101. The maximum absolute atomic E-state index is 15.0. The van der Waals surface area contributed by atoms with Crippen LogP contribution in [0, 0.1) is 5.82 Å². The smallest absolute Gasteiger partial charge is 0.159 e. The van der Waals surface area contributed by atoms with Crippen molar-refractivity contribution < 1.29 is 14.3 Å². The maximum atomic E-state index is 15.0. The molecule has 0 spiro atoms. The number of ketones is 1. The predicted molar refractivity (Wildman–Crippen MR) is 95.0 cm³/mol. The number of phenolic OH excluding ortho intramolecular Hbond substituents is 1. The summed E-state index contributed by atoms with van der Waals surface area (Å²) in [6, 6.07) is 13.0. The van der Waals surface area contributed by atoms with Crippen molar-refractivity contribution in [2.75, 3.05) is 5.73 Å². The molecule has 1 heterocycles. The monoisotopic (exact) mass is 336 g/mol. The van der Waals surface area contributed by atoms with Crippen LogP contribution in [0.5, 0.6) is 5.75 Å². The van der Waals surface area contributed by atoms with E-state index in [0.29, 0.717) is 28.9 Å². The summed E-state index contributed by atoms with van der Waals surface area (Å²) < 4.78 is 15.0. The topological polar surface area (TPSA) is 76.2 Å². The summed E-state index contributed by atoms with van der Waals surface area (Å²) in [4.78, 5) is 15.6. The molecule has 0 saturated heterocycles. The van der Waals surface area contributed by atoms with Gasteiger partial charge in [-0.2, -0.15) is 0 Å². The van der Waals surface area contributed by atoms with Crippen LogP contribution < -0.4 is 5.73 Å². The number of benzene rings is 2. The Balaban J connectivity index is 2.04. The second kappa shape index (κ2) is 6.73. The van der Waals surface area contributed by atoms with Crippen molar-refractivity contribution in [1.29, 1.82) is 0 Å². The highest BCUT2D eigenvalue weighted by molar-refractivity contribution is 5.95. The maximum Gasteiger partial charge on any atom is 0.159 e. The van der Waals surface area contributed by atoms with Crippen molar-refractivity contribution in [3.05, 3.63) is 77.2 Å². The van der Waals surface area contributed by atoms with E-state index in [-0.39, 0.29) is 17.1 Å². The Morgan fingerprint density at radius 1 is 1.20 bits per heavy atom. The zero-order valence-electron chi connectivity index (χ0n) is 13.7. The summed E-state index contributed by atoms with van der Waals surface area (Å²) in [5, 5.41) is 10.1. The molecule has 126 valence electrons. The summed E-state index contributed by atoms with van der Waals surface area (Å²) >= 11 is 0. The molecular formula is C20H17FN2O2. The van der Waals surface area contributed by atoms with E-state index in [1.54, 1.807) is 48.7 Å². The standard InChI is InChI=1S/C20H17FN2O2/c1-12(24)14-3-2-4-15(10-14)19-17(25)7-6-16(20(19)21)9-13-5-8-18(22)23-11-13/h2-8,10-11,25H,9H2,1H3,(H2,22,23). The van der Waals surface area contributed by atoms with E-state index in [9.17, 15) is 9.90 Å². The van der Waals surface area contributed by atoms with Gasteiger partial charge in [0, 0.05) is 18.2 Å². The second-order valence-corrected chi connectivity index (χ2v) is 5.84. The Bertz CT molecular complexity index is 937. The van der Waals surface area contributed by atoms with E-state index in [1.807, 2.05) is 0 Å². The van der Waals surface area contributed by atoms with Crippen LogP contribution in [-0.2, 0) is 6.42 Å². The third-order valence-electron chi connectivity index (χ3n) is 4.00. The van der Waals surface area contributed by atoms with E-state index in [4.69, 9.17) is 5.73 Å². The molecule has 0 bridgehead atoms. The number of phenols is 1. The quantitative estimate of drug-likeness (QED) is 0.707. The Labute approximate surface area is 144 Å². The first-order chi connectivity index (χ1) is 12.0. The van der Waals surface area contributed by atoms with Gasteiger partial charge in [-0.05, 0) is 41.8 Å². The molecule has 0 amide bonds. The van der Waals surface area contributed by atoms with Crippen LogP contribution >= 0.6 is 0 Å². The number of halogens is 1. The second-order valence-electron chi connectivity index (χ2n) is 5.84. The number of rotatable bonds is 4. The van der Waals surface area contributed by atoms with E-state index < -0.39 is 5.82 Å². The Morgan fingerprint density at radius 2 is 2.00 bits per heavy atom. The molecule has 0 unspecified atom stereocenters. The fraction of sp³-hybridized carbons (Fsp3) is 0.100. The van der Waals surface area contributed by atoms with E-state index in [2.05, 4.69) is 4.98 Å². The molecule has 0 saturated carbocycles. The number of anilines is 1. The molecule has 2 aromatic carbocycles. The van der Waals surface area contributed by atoms with Crippen molar-refractivity contribution in [1.82, 2.24) is 4.98 Å². The third kappa shape index (κ3) is 3.50. The SMILES string of the molecule is CC(=O)c1cccc(-c2c(O)ccc(Cc3ccc(N)nc3)c2F)c1. The van der Waals surface area contributed by atoms with Gasteiger partial charge in [0.15, 0.2) is 5.78 Å². The van der Waals surface area contributed by atoms with Gasteiger partial charge in [0.05, 0.1) is 5.56 Å². The molecule has 4 nitrogen and oxygen atoms in total. The number of nitrogens with zero attached hydrogens (tertiary/aromatic N) is 1. The highest BCUT2D eigenvalue weighted by Crippen LogP contribution is 2.34. The van der Waals surface area contributed by atoms with Crippen LogP contribution in [0.4, 0.5) is 10.2 Å². The van der Waals surface area contributed by atoms with Crippen molar-refractivity contribution >= 4 is 11.6 Å². The van der Waals surface area contributed by atoms with Crippen molar-refractivity contribution in [2.45, 2.75) is 13.3 Å². The largest absolute Gasteiger partial charge is 0.507 e. The minimum atomic E-state index is -0.516. The molecule has 0 aliphatic rings. The van der Waals surface area contributed by atoms with E-state index in [1.165, 1.54) is 13.0 Å². The molecule has 0 aliphatic heterocycles. The van der Waals surface area contributed by atoms with Crippen LogP contribution in [0.25, 0.3) is 11.1 Å². The van der Waals surface area contributed by atoms with Gasteiger partial charge in [0.25, 0.3) is 0 Å². The number of nitrogens with two attached hydrogens (primary N) is 1. The van der Waals surface area contributed by atoms with Gasteiger partial charge in [-0.3, -0.25) is 4.79 Å². The third-order valence-corrected chi connectivity index (χ3v) is 4.00. The van der Waals surface area contributed by atoms with Gasteiger partial charge < -0.3 is 10.8 Å². The molecule has 3 aromatic rings. The highest BCUT2D eigenvalue weighted by atomic mass is 19.1. The first-order valence-corrected chi connectivity index (χ1v) is 7.78. The van der Waals surface area contributed by atoms with Crippen LogP contribution in [0.2, 0.25) is 0 Å². The molecular weight excluding hydrogens is 319 g/mol. The van der Waals surface area contributed by atoms with Gasteiger partial charge in [-0.15, -0.1) is 0 Å². The lowest BCUT2D eigenvalue weighted by Gasteiger charge is -2.12. The van der Waals surface area contributed by atoms with Gasteiger partial charge in [-0.25, -0.2) is 9.37 Å². The lowest BCUT2D eigenvalue weighted by Crippen LogP contribution is -1.98. The molecule has 0 radical (unpaired) electrons. The van der Waals surface area contributed by atoms with Gasteiger partial charge in [0.2, 0.25) is 0 Å². The molecule has 25 heavy (non-hydrogen) atoms. The summed E-state index contributed by atoms with van der Waals surface area (Å²) in [5.41, 5.74) is 7.80. The molecule has 3 N–H and O–H groups in total. The first kappa shape index (κ1) is 16.6. The fourth-order valence-electron chi connectivity index (χ4n) is 2.67. The number of aromatic nitrogens is 1. The van der Waals surface area contributed by atoms with Gasteiger partial charge in [0.1, 0.15) is 17.4 Å². The summed E-state index contributed by atoms with van der Waals surface area (Å²) in [5.74, 6) is -0.405. The minimum Gasteiger partial charge on any atom is -0.507 e. The molecule has 0 atom stereocenters. The Hall–Kier alpha value is -3.21. The van der Waals surface area contributed by atoms with Crippen LogP contribution in [0.3, 0.4) is 0 Å². The first-order valence-electron chi connectivity index (χ1n) is 7.78. The zero-order chi connectivity index (χ0) is 18.0. The average molecular weight is 336 g/mol. The summed E-state index contributed by atoms with van der Waals surface area (Å²) in [6.07, 6.45) is 1.91. The van der Waals surface area contributed by atoms with E-state index in [0.717, 1.165) is 5.56 Å². The van der Waals surface area contributed by atoms with Crippen molar-refractivity contribution in [2.24, 2.45) is 0 Å². The Kier molecular flexibility index (Phi) is 4.48. The average Bonchev–Trinajstić information content (AvgIpc) is 2.60. The number of pyridine rings is 1. The van der Waals surface area contributed by atoms with Crippen LogP contribution in [-0.4, -0.2) is 15.9 Å². The fourth-order valence-corrected chi connectivity index (χ4v) is 2.67. The zero-order valence-corrected chi connectivity index (χ0v) is 13.7. The number of aromatic hydroxyl groups is 1. The molecule has 0 fully saturated rings. The molecule has 3 rings (SSSR count). The predicted octanol–water partition coefficient (Wildman–Crippen LogP) is 3.97. The molecule has 0 aliphatic carbocycles. The van der Waals surface area contributed by atoms with Gasteiger partial charge >= 0.3 is 0 Å². The van der Waals surface area contributed by atoms with E-state index >= 15 is 4.39 Å². The number of Topliss-reactive ketones (excluding diaryl/α,β-unsaturated/α-hetero) is 1. The molecule has 5 heteroatoms. The summed E-state index contributed by atoms with van der Waals surface area (Å²) in [7, 11) is 0. The molecule has 1 aromatic heterocycles. The summed E-state index contributed by atoms with van der Waals surface area (Å²) in [6.45, 7) is 1.44. The van der Waals surface area contributed by atoms with Crippen LogP contribution in [0.1, 0.15) is 28.4 Å². The van der Waals surface area contributed by atoms with Gasteiger partial charge in [-0.1, -0.05) is 30.3 Å². The van der Waals surface area contributed by atoms with Crippen molar-refractivity contribution in [3.8, 4) is 16.9 Å². The van der Waals surface area contributed by atoms with Crippen LogP contribution in [0.15, 0.2) is 54.7 Å². The lowest BCUT2D eigenvalue weighted by atomic mass is 9.96. The highest BCUT2D eigenvalue weighted by Gasteiger charge is 2.16. The number of carbonyl (C=O) groups is 1. The number of nitrogen functional groups attached to an aromatic ring is 1. The number of hydrogen-bond donors (Lipinski definition) is 2. The normalized spacial score (nSPS) is 10.6. The van der Waals surface area contributed by atoms with Crippen molar-refractivity contribution in [3.63, 3.8) is 0 Å². The Morgan fingerprint density at radius 3 is 2.68 bits per heavy atom. The minimum absolute atomic E-state index is 0.0870. The number of hydrogen-bond acceptors (Lipinski definition) is 4.